The Kier molecular flexibility index (Phi) is 2.19. The number of hydrogen-bond donors (Lipinski definition) is 2. The number of nitrogens with zero attached hydrogens (tertiary/aromatic N) is 1. The fourth-order valence-corrected chi connectivity index (χ4v) is 1.34. The predicted octanol–water partition coefficient (Wildman–Crippen LogP) is 1.36. The van der Waals surface area contributed by atoms with Gasteiger partial charge in [-0.15, -0.1) is 0 Å². The van der Waals surface area contributed by atoms with E-state index in [1.54, 1.807) is 13.8 Å². The third-order valence-electron chi connectivity index (χ3n) is 2.22. The number of aliphatic imine (C=N–C) groups is 1. The molecule has 0 aromatic heterocycles. The molecule has 4 nitrogen and oxygen atoms in total. The summed E-state index contributed by atoms with van der Waals surface area (Å²) in [5.74, 6) is 0.428. The molecule has 0 aliphatic carbocycles. The SMILES string of the molecule is CC1(C)N=C(Nc2ccccc2)NC1=O. The Hall–Kier alpha value is -1.84. The van der Waals surface area contributed by atoms with Gasteiger partial charge in [-0.05, 0) is 26.0 Å². The van der Waals surface area contributed by atoms with Crippen molar-refractivity contribution in [2.75, 3.05) is 5.32 Å². The highest BCUT2D eigenvalue weighted by Gasteiger charge is 2.34. The molecule has 0 atom stereocenters. The van der Waals surface area contributed by atoms with Gasteiger partial charge in [0.1, 0.15) is 5.54 Å². The average molecular weight is 203 g/mol. The van der Waals surface area contributed by atoms with Gasteiger partial charge in [-0.3, -0.25) is 10.1 Å². The molecule has 2 rings (SSSR count). The summed E-state index contributed by atoms with van der Waals surface area (Å²) >= 11 is 0. The number of guanidine groups is 1. The van der Waals surface area contributed by atoms with Gasteiger partial charge in [-0.2, -0.15) is 0 Å². The van der Waals surface area contributed by atoms with Crippen molar-refractivity contribution in [1.82, 2.24) is 5.32 Å². The minimum Gasteiger partial charge on any atom is -0.326 e. The number of para-hydroxylation sites is 1. The smallest absolute Gasteiger partial charge is 0.254 e. The molecule has 0 unspecified atom stereocenters. The zero-order chi connectivity index (χ0) is 10.9. The minimum absolute atomic E-state index is 0.0825. The summed E-state index contributed by atoms with van der Waals surface area (Å²) in [5, 5.41) is 5.74. The molecular weight excluding hydrogens is 190 g/mol. The van der Waals surface area contributed by atoms with Crippen molar-refractivity contribution in [2.45, 2.75) is 19.4 Å². The molecule has 1 heterocycles. The predicted molar refractivity (Wildman–Crippen MR) is 59.7 cm³/mol. The van der Waals surface area contributed by atoms with Gasteiger partial charge in [0.15, 0.2) is 0 Å². The number of hydrogen-bond acceptors (Lipinski definition) is 3. The van der Waals surface area contributed by atoms with Crippen LogP contribution in [0.4, 0.5) is 5.69 Å². The molecule has 78 valence electrons. The zero-order valence-corrected chi connectivity index (χ0v) is 8.74. The van der Waals surface area contributed by atoms with E-state index in [1.165, 1.54) is 0 Å². The van der Waals surface area contributed by atoms with Crippen LogP contribution in [0.2, 0.25) is 0 Å². The highest BCUT2D eigenvalue weighted by molar-refractivity contribution is 6.11. The number of carbonyl (C=O) groups excluding carboxylic acids is 1. The van der Waals surface area contributed by atoms with Crippen LogP contribution in [0.5, 0.6) is 0 Å². The quantitative estimate of drug-likeness (QED) is 0.724. The first kappa shape index (κ1) is 9.71. The van der Waals surface area contributed by atoms with Gasteiger partial charge >= 0.3 is 0 Å². The van der Waals surface area contributed by atoms with Crippen LogP contribution in [-0.2, 0) is 4.79 Å². The second kappa shape index (κ2) is 3.38. The molecular formula is C11H13N3O. The fraction of sp³-hybridized carbons (Fsp3) is 0.273. The zero-order valence-electron chi connectivity index (χ0n) is 8.74. The Morgan fingerprint density at radius 1 is 1.27 bits per heavy atom. The molecule has 4 heteroatoms. The number of carbonyl (C=O) groups is 1. The van der Waals surface area contributed by atoms with Crippen molar-refractivity contribution < 1.29 is 4.79 Å². The molecule has 1 aliphatic rings. The third-order valence-corrected chi connectivity index (χ3v) is 2.22. The summed E-state index contributed by atoms with van der Waals surface area (Å²) in [6, 6.07) is 9.61. The van der Waals surface area contributed by atoms with Crippen LogP contribution in [-0.4, -0.2) is 17.4 Å². The molecule has 0 fully saturated rings. The minimum atomic E-state index is -0.670. The normalized spacial score (nSPS) is 18.3. The van der Waals surface area contributed by atoms with Crippen molar-refractivity contribution in [3.63, 3.8) is 0 Å². The number of rotatable bonds is 1. The second-order valence-electron chi connectivity index (χ2n) is 3.96. The van der Waals surface area contributed by atoms with Gasteiger partial charge in [0.05, 0.1) is 0 Å². The van der Waals surface area contributed by atoms with Gasteiger partial charge in [0.25, 0.3) is 5.91 Å². The lowest BCUT2D eigenvalue weighted by Crippen LogP contribution is -2.36. The lowest BCUT2D eigenvalue weighted by Gasteiger charge is -2.07. The summed E-state index contributed by atoms with van der Waals surface area (Å²) in [6.45, 7) is 3.56. The van der Waals surface area contributed by atoms with E-state index < -0.39 is 5.54 Å². The summed E-state index contributed by atoms with van der Waals surface area (Å²) in [7, 11) is 0. The monoisotopic (exact) mass is 203 g/mol. The average Bonchev–Trinajstić information content (AvgIpc) is 2.42. The second-order valence-corrected chi connectivity index (χ2v) is 3.96. The maximum atomic E-state index is 11.4. The molecule has 0 bridgehead atoms. The van der Waals surface area contributed by atoms with Gasteiger partial charge in [0, 0.05) is 5.69 Å². The van der Waals surface area contributed by atoms with E-state index in [-0.39, 0.29) is 5.91 Å². The van der Waals surface area contributed by atoms with E-state index in [9.17, 15) is 4.79 Å². The van der Waals surface area contributed by atoms with Crippen molar-refractivity contribution in [3.05, 3.63) is 30.3 Å². The molecule has 0 spiro atoms. The van der Waals surface area contributed by atoms with E-state index in [0.29, 0.717) is 5.96 Å². The van der Waals surface area contributed by atoms with Crippen molar-refractivity contribution in [1.29, 1.82) is 0 Å². The molecule has 0 saturated heterocycles. The van der Waals surface area contributed by atoms with Crippen molar-refractivity contribution in [2.24, 2.45) is 4.99 Å². The first-order valence-corrected chi connectivity index (χ1v) is 4.81. The fourth-order valence-electron chi connectivity index (χ4n) is 1.34. The number of amides is 1. The topological polar surface area (TPSA) is 53.5 Å². The van der Waals surface area contributed by atoms with Gasteiger partial charge in [-0.1, -0.05) is 18.2 Å². The van der Waals surface area contributed by atoms with Crippen LogP contribution in [0.25, 0.3) is 0 Å². The van der Waals surface area contributed by atoms with Gasteiger partial charge < -0.3 is 5.32 Å². The van der Waals surface area contributed by atoms with Gasteiger partial charge in [0.2, 0.25) is 5.96 Å². The Morgan fingerprint density at radius 2 is 1.93 bits per heavy atom. The highest BCUT2D eigenvalue weighted by Crippen LogP contribution is 2.15. The van der Waals surface area contributed by atoms with E-state index in [0.717, 1.165) is 5.69 Å². The molecule has 15 heavy (non-hydrogen) atoms. The lowest BCUT2D eigenvalue weighted by molar-refractivity contribution is -0.122. The standard InChI is InChI=1S/C11H13N3O/c1-11(2)9(15)13-10(14-11)12-8-6-4-3-5-7-8/h3-7H,1-2H3,(H2,12,13,14,15). The first-order valence-electron chi connectivity index (χ1n) is 4.81. The van der Waals surface area contributed by atoms with Crippen LogP contribution in [0.1, 0.15) is 13.8 Å². The van der Waals surface area contributed by atoms with E-state index in [1.807, 2.05) is 30.3 Å². The number of benzene rings is 1. The van der Waals surface area contributed by atoms with Crippen molar-refractivity contribution >= 4 is 17.6 Å². The Bertz CT molecular complexity index is 409. The largest absolute Gasteiger partial charge is 0.326 e. The Labute approximate surface area is 88.4 Å². The molecule has 1 aromatic carbocycles. The molecule has 0 saturated carbocycles. The van der Waals surface area contributed by atoms with Crippen LogP contribution in [0, 0.1) is 0 Å². The maximum absolute atomic E-state index is 11.4. The van der Waals surface area contributed by atoms with E-state index in [4.69, 9.17) is 0 Å². The molecule has 1 aromatic rings. The third kappa shape index (κ3) is 1.98. The van der Waals surface area contributed by atoms with E-state index in [2.05, 4.69) is 15.6 Å². The summed E-state index contributed by atoms with van der Waals surface area (Å²) in [4.78, 5) is 15.7. The van der Waals surface area contributed by atoms with Crippen LogP contribution >= 0.6 is 0 Å². The molecule has 1 amide bonds. The summed E-state index contributed by atoms with van der Waals surface area (Å²) in [5.41, 5.74) is 0.242. The molecule has 0 radical (unpaired) electrons. The van der Waals surface area contributed by atoms with E-state index >= 15 is 0 Å². The van der Waals surface area contributed by atoms with Gasteiger partial charge in [-0.25, -0.2) is 4.99 Å². The maximum Gasteiger partial charge on any atom is 0.254 e. The van der Waals surface area contributed by atoms with Crippen LogP contribution < -0.4 is 10.6 Å². The molecule has 2 N–H and O–H groups in total. The first-order chi connectivity index (χ1) is 7.08. The number of nitrogens with one attached hydrogen (secondary N) is 2. The van der Waals surface area contributed by atoms with Crippen molar-refractivity contribution in [3.8, 4) is 0 Å². The highest BCUT2D eigenvalue weighted by atomic mass is 16.2. The molecule has 1 aliphatic heterocycles. The number of anilines is 1. The lowest BCUT2D eigenvalue weighted by atomic mass is 10.1. The summed E-state index contributed by atoms with van der Waals surface area (Å²) < 4.78 is 0. The Balaban J connectivity index is 2.13. The van der Waals surface area contributed by atoms with Crippen LogP contribution in [0.3, 0.4) is 0 Å². The van der Waals surface area contributed by atoms with Crippen LogP contribution in [0.15, 0.2) is 35.3 Å². The Morgan fingerprint density at radius 3 is 2.47 bits per heavy atom. The summed E-state index contributed by atoms with van der Waals surface area (Å²) in [6.07, 6.45) is 0.